The summed E-state index contributed by atoms with van der Waals surface area (Å²) in [6.07, 6.45) is 3.01. The number of primary sulfonamides is 1. The van der Waals surface area contributed by atoms with E-state index < -0.39 is 21.8 Å². The summed E-state index contributed by atoms with van der Waals surface area (Å²) in [5.74, 6) is -0.399. The number of carbonyl (C=O) groups is 2. The molecule has 0 radical (unpaired) electrons. The van der Waals surface area contributed by atoms with Crippen LogP contribution in [0.1, 0.15) is 43.8 Å². The van der Waals surface area contributed by atoms with E-state index in [9.17, 15) is 18.0 Å². The minimum absolute atomic E-state index is 0.0615. The second-order valence-corrected chi connectivity index (χ2v) is 9.42. The number of thiophene rings is 1. The van der Waals surface area contributed by atoms with Gasteiger partial charge >= 0.3 is 0 Å². The van der Waals surface area contributed by atoms with Gasteiger partial charge in [0.15, 0.2) is 0 Å². The number of rotatable bonds is 4. The number of nitrogens with two attached hydrogens (primary N) is 1. The van der Waals surface area contributed by atoms with Crippen molar-refractivity contribution in [2.24, 2.45) is 11.1 Å². The fraction of sp³-hybridized carbons (Fsp3) is 0.333. The zero-order chi connectivity index (χ0) is 20.5. The van der Waals surface area contributed by atoms with Gasteiger partial charge in [-0.2, -0.15) is 0 Å². The van der Waals surface area contributed by atoms with Gasteiger partial charge < -0.3 is 4.74 Å². The van der Waals surface area contributed by atoms with Crippen LogP contribution in [0.3, 0.4) is 0 Å². The lowest BCUT2D eigenvalue weighted by molar-refractivity contribution is 0.0847. The van der Waals surface area contributed by atoms with E-state index >= 15 is 0 Å². The third-order valence-electron chi connectivity index (χ3n) is 4.59. The molecule has 0 spiro atoms. The number of ether oxygens (including phenoxy) is 1. The number of amides is 2. The van der Waals surface area contributed by atoms with E-state index in [1.54, 1.807) is 0 Å². The Hall–Kier alpha value is -2.43. The van der Waals surface area contributed by atoms with E-state index in [0.717, 1.165) is 25.3 Å². The maximum Gasteiger partial charge on any atom is 0.279 e. The molecule has 0 bridgehead atoms. The first-order valence-electron chi connectivity index (χ1n) is 8.62. The van der Waals surface area contributed by atoms with Crippen LogP contribution in [0.25, 0.3) is 0 Å². The van der Waals surface area contributed by atoms with E-state index in [1.807, 2.05) is 6.07 Å². The van der Waals surface area contributed by atoms with Gasteiger partial charge in [-0.05, 0) is 55.0 Å². The summed E-state index contributed by atoms with van der Waals surface area (Å²) in [6.45, 7) is 2.18. The molecule has 2 amide bonds. The first kappa shape index (κ1) is 20.3. The van der Waals surface area contributed by atoms with E-state index in [1.165, 1.54) is 41.0 Å². The standard InChI is InChI=1S/C18H21N3O5S2/c1-10-3-6-15-11(7-10)8-16(27-15)18(23)21-20-17(22)13-9-12(28(19,24)25)4-5-14(13)26-2/h4-5,8-10H,3,6-7H2,1-2H3,(H,20,22)(H,21,23)(H2,19,24,25). The van der Waals surface area contributed by atoms with E-state index in [-0.39, 0.29) is 16.2 Å². The van der Waals surface area contributed by atoms with Crippen LogP contribution >= 0.6 is 11.3 Å². The molecule has 1 atom stereocenters. The van der Waals surface area contributed by atoms with E-state index in [4.69, 9.17) is 9.88 Å². The van der Waals surface area contributed by atoms with Crippen molar-refractivity contribution in [3.8, 4) is 5.75 Å². The quantitative estimate of drug-likeness (QED) is 0.644. The Balaban J connectivity index is 1.73. The molecule has 1 aromatic heterocycles. The lowest BCUT2D eigenvalue weighted by atomic mass is 9.90. The predicted molar refractivity (Wildman–Crippen MR) is 105 cm³/mol. The van der Waals surface area contributed by atoms with Gasteiger partial charge in [-0.15, -0.1) is 11.3 Å². The Morgan fingerprint density at radius 3 is 2.61 bits per heavy atom. The van der Waals surface area contributed by atoms with Crippen molar-refractivity contribution in [2.75, 3.05) is 7.11 Å². The third kappa shape index (κ3) is 4.34. The van der Waals surface area contributed by atoms with Gasteiger partial charge in [-0.1, -0.05) is 6.92 Å². The van der Waals surface area contributed by atoms with Crippen LogP contribution in [-0.2, 0) is 22.9 Å². The average molecular weight is 424 g/mol. The van der Waals surface area contributed by atoms with Crippen LogP contribution in [0.5, 0.6) is 5.75 Å². The van der Waals surface area contributed by atoms with Crippen molar-refractivity contribution in [1.82, 2.24) is 10.9 Å². The van der Waals surface area contributed by atoms with Gasteiger partial charge in [0.1, 0.15) is 5.75 Å². The van der Waals surface area contributed by atoms with Crippen LogP contribution in [0.2, 0.25) is 0 Å². The Bertz CT molecular complexity index is 1030. The SMILES string of the molecule is COc1ccc(S(N)(=O)=O)cc1C(=O)NNC(=O)c1cc2c(s1)CCC(C)C2. The van der Waals surface area contributed by atoms with E-state index in [2.05, 4.69) is 17.8 Å². The number of methoxy groups -OCH3 is 1. The van der Waals surface area contributed by atoms with Gasteiger partial charge in [0, 0.05) is 4.88 Å². The molecular weight excluding hydrogens is 402 g/mol. The first-order valence-corrected chi connectivity index (χ1v) is 11.0. The number of hydrogen-bond acceptors (Lipinski definition) is 6. The smallest absolute Gasteiger partial charge is 0.279 e. The number of nitrogens with one attached hydrogen (secondary N) is 2. The molecule has 1 heterocycles. The van der Waals surface area contributed by atoms with Crippen molar-refractivity contribution in [3.63, 3.8) is 0 Å². The molecule has 1 aliphatic carbocycles. The number of benzene rings is 1. The van der Waals surface area contributed by atoms with Gasteiger partial charge in [-0.3, -0.25) is 20.4 Å². The monoisotopic (exact) mass is 423 g/mol. The Kier molecular flexibility index (Phi) is 5.73. The molecule has 10 heteroatoms. The predicted octanol–water partition coefficient (Wildman–Crippen LogP) is 1.60. The molecule has 1 aliphatic rings. The normalized spacial score (nSPS) is 16.2. The molecule has 0 aliphatic heterocycles. The van der Waals surface area contributed by atoms with Crippen molar-refractivity contribution in [1.29, 1.82) is 0 Å². The van der Waals surface area contributed by atoms with Crippen LogP contribution in [-0.4, -0.2) is 27.3 Å². The largest absolute Gasteiger partial charge is 0.496 e. The summed E-state index contributed by atoms with van der Waals surface area (Å²) in [5, 5.41) is 5.10. The number of fused-ring (bicyclic) bond motifs is 1. The van der Waals surface area contributed by atoms with Crippen LogP contribution < -0.4 is 20.7 Å². The van der Waals surface area contributed by atoms with Crippen molar-refractivity contribution < 1.29 is 22.7 Å². The Morgan fingerprint density at radius 2 is 1.93 bits per heavy atom. The maximum atomic E-state index is 12.4. The fourth-order valence-electron chi connectivity index (χ4n) is 3.10. The zero-order valence-corrected chi connectivity index (χ0v) is 17.1. The summed E-state index contributed by atoms with van der Waals surface area (Å²) in [6, 6.07) is 5.52. The fourth-order valence-corrected chi connectivity index (χ4v) is 4.75. The van der Waals surface area contributed by atoms with Gasteiger partial charge in [0.2, 0.25) is 10.0 Å². The highest BCUT2D eigenvalue weighted by Crippen LogP contribution is 2.32. The zero-order valence-electron chi connectivity index (χ0n) is 15.4. The van der Waals surface area contributed by atoms with Crippen molar-refractivity contribution in [2.45, 2.75) is 31.1 Å². The highest BCUT2D eigenvalue weighted by Gasteiger charge is 2.22. The highest BCUT2D eigenvalue weighted by molar-refractivity contribution is 7.89. The number of aryl methyl sites for hydroxylation is 1. The topological polar surface area (TPSA) is 128 Å². The molecule has 2 aromatic rings. The number of carbonyl (C=O) groups excluding carboxylic acids is 2. The Morgan fingerprint density at radius 1 is 1.21 bits per heavy atom. The molecule has 150 valence electrons. The molecule has 1 unspecified atom stereocenters. The third-order valence-corrected chi connectivity index (χ3v) is 6.73. The Labute approximate surface area is 167 Å². The highest BCUT2D eigenvalue weighted by atomic mass is 32.2. The summed E-state index contributed by atoms with van der Waals surface area (Å²) in [5.41, 5.74) is 5.78. The van der Waals surface area contributed by atoms with Crippen molar-refractivity contribution in [3.05, 3.63) is 45.1 Å². The molecular formula is C18H21N3O5S2. The lowest BCUT2D eigenvalue weighted by Crippen LogP contribution is -2.41. The molecule has 1 aromatic carbocycles. The maximum absolute atomic E-state index is 12.4. The number of hydrazine groups is 1. The molecule has 0 saturated carbocycles. The number of hydrogen-bond donors (Lipinski definition) is 3. The first-order chi connectivity index (χ1) is 13.2. The second-order valence-electron chi connectivity index (χ2n) is 6.72. The molecule has 8 nitrogen and oxygen atoms in total. The van der Waals surface area contributed by atoms with Gasteiger partial charge in [-0.25, -0.2) is 13.6 Å². The van der Waals surface area contributed by atoms with E-state index in [0.29, 0.717) is 10.8 Å². The second kappa shape index (κ2) is 7.90. The minimum atomic E-state index is -3.99. The average Bonchev–Trinajstić information content (AvgIpc) is 3.07. The molecule has 4 N–H and O–H groups in total. The summed E-state index contributed by atoms with van der Waals surface area (Å²) in [4.78, 5) is 26.3. The summed E-state index contributed by atoms with van der Waals surface area (Å²) >= 11 is 1.42. The van der Waals surface area contributed by atoms with Crippen LogP contribution in [0.4, 0.5) is 0 Å². The summed E-state index contributed by atoms with van der Waals surface area (Å²) in [7, 11) is -2.64. The van der Waals surface area contributed by atoms with Crippen LogP contribution in [0, 0.1) is 5.92 Å². The molecule has 0 fully saturated rings. The van der Waals surface area contributed by atoms with Crippen molar-refractivity contribution >= 4 is 33.2 Å². The van der Waals surface area contributed by atoms with Gasteiger partial charge in [0.05, 0.1) is 22.4 Å². The molecule has 28 heavy (non-hydrogen) atoms. The molecule has 3 rings (SSSR count). The minimum Gasteiger partial charge on any atom is -0.496 e. The number of sulfonamides is 1. The summed E-state index contributed by atoms with van der Waals surface area (Å²) < 4.78 is 28.1. The van der Waals surface area contributed by atoms with Gasteiger partial charge in [0.25, 0.3) is 11.8 Å². The lowest BCUT2D eigenvalue weighted by Gasteiger charge is -2.16. The molecule has 0 saturated heterocycles. The van der Waals surface area contributed by atoms with Crippen LogP contribution in [0.15, 0.2) is 29.2 Å².